The molecule has 0 spiro atoms. The maximum absolute atomic E-state index is 13.2. The third-order valence-electron chi connectivity index (χ3n) is 4.54. The Balaban J connectivity index is 1.61. The standard InChI is InChI=1S/C20H22ClFN2O/c1-14-3-2-10-24(12-14)13-15-4-6-16(7-5-15)20(25)23-17-8-9-19(22)18(21)11-17/h4-9,11,14H,2-3,10,12-13H2,1H3,(H,23,25). The van der Waals surface area contributed by atoms with Gasteiger partial charge in [0.1, 0.15) is 5.82 Å². The van der Waals surface area contributed by atoms with Crippen LogP contribution < -0.4 is 5.32 Å². The highest BCUT2D eigenvalue weighted by molar-refractivity contribution is 6.31. The van der Waals surface area contributed by atoms with Gasteiger partial charge in [-0.05, 0) is 61.2 Å². The molecule has 1 unspecified atom stereocenters. The SMILES string of the molecule is CC1CCCN(Cc2ccc(C(=O)Nc3ccc(F)c(Cl)c3)cc2)C1. The molecule has 1 atom stereocenters. The Labute approximate surface area is 152 Å². The van der Waals surface area contributed by atoms with E-state index in [0.29, 0.717) is 11.3 Å². The van der Waals surface area contributed by atoms with E-state index in [1.807, 2.05) is 24.3 Å². The highest BCUT2D eigenvalue weighted by atomic mass is 35.5. The van der Waals surface area contributed by atoms with Crippen LogP contribution in [0.2, 0.25) is 5.02 Å². The molecule has 5 heteroatoms. The number of carbonyl (C=O) groups is 1. The lowest BCUT2D eigenvalue weighted by Crippen LogP contribution is -2.33. The summed E-state index contributed by atoms with van der Waals surface area (Å²) in [5.74, 6) is 0.0122. The second-order valence-electron chi connectivity index (χ2n) is 6.76. The highest BCUT2D eigenvalue weighted by Gasteiger charge is 2.16. The molecule has 2 aromatic rings. The molecule has 1 aliphatic heterocycles. The molecule has 0 aliphatic carbocycles. The van der Waals surface area contributed by atoms with Crippen molar-refractivity contribution in [3.8, 4) is 0 Å². The maximum atomic E-state index is 13.2. The zero-order valence-corrected chi connectivity index (χ0v) is 15.0. The summed E-state index contributed by atoms with van der Waals surface area (Å²) in [5.41, 5.74) is 2.24. The Kier molecular flexibility index (Phi) is 5.71. The molecule has 1 amide bonds. The van der Waals surface area contributed by atoms with E-state index < -0.39 is 5.82 Å². The van der Waals surface area contributed by atoms with Gasteiger partial charge in [0.05, 0.1) is 5.02 Å². The van der Waals surface area contributed by atoms with Crippen LogP contribution >= 0.6 is 11.6 Å². The van der Waals surface area contributed by atoms with Gasteiger partial charge in [-0.15, -0.1) is 0 Å². The average Bonchev–Trinajstić information content (AvgIpc) is 2.59. The first-order valence-electron chi connectivity index (χ1n) is 8.59. The summed E-state index contributed by atoms with van der Waals surface area (Å²) in [5, 5.41) is 2.72. The van der Waals surface area contributed by atoms with Gasteiger partial charge in [-0.1, -0.05) is 30.7 Å². The van der Waals surface area contributed by atoms with Crippen molar-refractivity contribution >= 4 is 23.2 Å². The first-order chi connectivity index (χ1) is 12.0. The van der Waals surface area contributed by atoms with Crippen LogP contribution in [0.1, 0.15) is 35.7 Å². The van der Waals surface area contributed by atoms with Crippen LogP contribution in [0.25, 0.3) is 0 Å². The lowest BCUT2D eigenvalue weighted by molar-refractivity contribution is 0.102. The predicted molar refractivity (Wildman–Crippen MR) is 99.5 cm³/mol. The number of piperidine rings is 1. The minimum atomic E-state index is -0.504. The molecule has 2 aromatic carbocycles. The van der Waals surface area contributed by atoms with Gasteiger partial charge < -0.3 is 5.32 Å². The summed E-state index contributed by atoms with van der Waals surface area (Å²) < 4.78 is 13.2. The fraction of sp³-hybridized carbons (Fsp3) is 0.350. The Hall–Kier alpha value is -1.91. The van der Waals surface area contributed by atoms with Crippen molar-refractivity contribution in [3.05, 3.63) is 64.4 Å². The summed E-state index contributed by atoms with van der Waals surface area (Å²) in [6.45, 7) is 5.48. The number of hydrogen-bond donors (Lipinski definition) is 1. The second-order valence-corrected chi connectivity index (χ2v) is 7.17. The monoisotopic (exact) mass is 360 g/mol. The van der Waals surface area contributed by atoms with E-state index in [-0.39, 0.29) is 10.9 Å². The topological polar surface area (TPSA) is 32.3 Å². The molecule has 1 fully saturated rings. The Morgan fingerprint density at radius 1 is 1.28 bits per heavy atom. The van der Waals surface area contributed by atoms with Crippen molar-refractivity contribution in [2.75, 3.05) is 18.4 Å². The number of nitrogens with one attached hydrogen (secondary N) is 1. The van der Waals surface area contributed by atoms with Crippen LogP contribution in [0.3, 0.4) is 0 Å². The molecule has 0 saturated carbocycles. The molecule has 1 aliphatic rings. The van der Waals surface area contributed by atoms with Crippen molar-refractivity contribution in [1.82, 2.24) is 4.90 Å². The predicted octanol–water partition coefficient (Wildman–Crippen LogP) is 4.96. The van der Waals surface area contributed by atoms with Crippen LogP contribution in [0.5, 0.6) is 0 Å². The lowest BCUT2D eigenvalue weighted by atomic mass is 9.99. The first-order valence-corrected chi connectivity index (χ1v) is 8.97. The quantitative estimate of drug-likeness (QED) is 0.835. The molecule has 3 rings (SSSR count). The van der Waals surface area contributed by atoms with Gasteiger partial charge in [0, 0.05) is 24.3 Å². The largest absolute Gasteiger partial charge is 0.322 e. The molecule has 0 bridgehead atoms. The number of halogens is 2. The molecule has 1 saturated heterocycles. The maximum Gasteiger partial charge on any atom is 0.255 e. The molecule has 0 aromatic heterocycles. The van der Waals surface area contributed by atoms with Crippen LogP contribution in [0.15, 0.2) is 42.5 Å². The van der Waals surface area contributed by atoms with Crippen molar-refractivity contribution < 1.29 is 9.18 Å². The summed E-state index contributed by atoms with van der Waals surface area (Å²) >= 11 is 5.74. The summed E-state index contributed by atoms with van der Waals surface area (Å²) in [6, 6.07) is 11.8. The van der Waals surface area contributed by atoms with Crippen LogP contribution in [-0.2, 0) is 6.54 Å². The van der Waals surface area contributed by atoms with Crippen LogP contribution in [0, 0.1) is 11.7 Å². The van der Waals surface area contributed by atoms with Gasteiger partial charge in [0.25, 0.3) is 5.91 Å². The summed E-state index contributed by atoms with van der Waals surface area (Å²) in [6.07, 6.45) is 2.56. The van der Waals surface area contributed by atoms with E-state index in [9.17, 15) is 9.18 Å². The van der Waals surface area contributed by atoms with Crippen molar-refractivity contribution in [2.45, 2.75) is 26.3 Å². The van der Waals surface area contributed by atoms with E-state index in [4.69, 9.17) is 11.6 Å². The minimum absolute atomic E-state index is 0.0103. The number of rotatable bonds is 4. The summed E-state index contributed by atoms with van der Waals surface area (Å²) in [7, 11) is 0. The third-order valence-corrected chi connectivity index (χ3v) is 4.83. The van der Waals surface area contributed by atoms with Gasteiger partial charge >= 0.3 is 0 Å². The number of nitrogens with zero attached hydrogens (tertiary/aromatic N) is 1. The number of likely N-dealkylation sites (tertiary alicyclic amines) is 1. The van der Waals surface area contributed by atoms with E-state index in [0.717, 1.165) is 25.6 Å². The number of amides is 1. The van der Waals surface area contributed by atoms with Crippen molar-refractivity contribution in [1.29, 1.82) is 0 Å². The van der Waals surface area contributed by atoms with Gasteiger partial charge in [0.2, 0.25) is 0 Å². The normalized spacial score (nSPS) is 18.1. The average molecular weight is 361 g/mol. The lowest BCUT2D eigenvalue weighted by Gasteiger charge is -2.30. The Morgan fingerprint density at radius 2 is 2.04 bits per heavy atom. The zero-order valence-electron chi connectivity index (χ0n) is 14.3. The van der Waals surface area contributed by atoms with Crippen molar-refractivity contribution in [2.24, 2.45) is 5.92 Å². The van der Waals surface area contributed by atoms with Crippen LogP contribution in [0.4, 0.5) is 10.1 Å². The molecule has 3 nitrogen and oxygen atoms in total. The van der Waals surface area contributed by atoms with Crippen LogP contribution in [-0.4, -0.2) is 23.9 Å². The van der Waals surface area contributed by atoms with E-state index in [2.05, 4.69) is 17.1 Å². The van der Waals surface area contributed by atoms with Gasteiger partial charge in [-0.3, -0.25) is 9.69 Å². The fourth-order valence-electron chi connectivity index (χ4n) is 3.23. The summed E-state index contributed by atoms with van der Waals surface area (Å²) in [4.78, 5) is 14.8. The van der Waals surface area contributed by atoms with Gasteiger partial charge in [0.15, 0.2) is 0 Å². The molecular weight excluding hydrogens is 339 g/mol. The second kappa shape index (κ2) is 7.98. The molecule has 25 heavy (non-hydrogen) atoms. The number of carbonyl (C=O) groups excluding carboxylic acids is 1. The molecule has 0 radical (unpaired) electrons. The Bertz CT molecular complexity index is 748. The highest BCUT2D eigenvalue weighted by Crippen LogP contribution is 2.21. The van der Waals surface area contributed by atoms with E-state index in [1.54, 1.807) is 0 Å². The molecule has 132 valence electrons. The minimum Gasteiger partial charge on any atom is -0.322 e. The zero-order chi connectivity index (χ0) is 17.8. The third kappa shape index (κ3) is 4.80. The molecular formula is C20H22ClFN2O. The molecule has 1 heterocycles. The van der Waals surface area contributed by atoms with Crippen molar-refractivity contribution in [3.63, 3.8) is 0 Å². The van der Waals surface area contributed by atoms with Gasteiger partial charge in [-0.25, -0.2) is 4.39 Å². The van der Waals surface area contributed by atoms with E-state index in [1.165, 1.54) is 36.6 Å². The smallest absolute Gasteiger partial charge is 0.255 e. The fourth-order valence-corrected chi connectivity index (χ4v) is 3.41. The number of hydrogen-bond acceptors (Lipinski definition) is 2. The van der Waals surface area contributed by atoms with Gasteiger partial charge in [-0.2, -0.15) is 0 Å². The number of benzene rings is 2. The first kappa shape index (κ1) is 17.9. The number of anilines is 1. The molecule has 1 N–H and O–H groups in total. The Morgan fingerprint density at radius 3 is 2.72 bits per heavy atom. The van der Waals surface area contributed by atoms with E-state index >= 15 is 0 Å².